The molecule has 3 nitrogen and oxygen atoms in total. The van der Waals surface area contributed by atoms with Crippen LogP contribution in [0.2, 0.25) is 6.04 Å². The predicted octanol–water partition coefficient (Wildman–Crippen LogP) is 2.96. The highest BCUT2D eigenvalue weighted by Crippen LogP contribution is 2.16. The normalized spacial score (nSPS) is 12.0. The van der Waals surface area contributed by atoms with E-state index < -0.39 is 8.07 Å². The van der Waals surface area contributed by atoms with Crippen molar-refractivity contribution in [3.63, 3.8) is 0 Å². The summed E-state index contributed by atoms with van der Waals surface area (Å²) in [4.78, 5) is 0. The molecule has 0 rings (SSSR count). The van der Waals surface area contributed by atoms with Gasteiger partial charge in [-0.15, -0.1) is 0 Å². The van der Waals surface area contributed by atoms with E-state index in [-0.39, 0.29) is 0 Å². The second kappa shape index (κ2) is 11.2. The molecule has 17 heavy (non-hydrogen) atoms. The first kappa shape index (κ1) is 17.1. The van der Waals surface area contributed by atoms with Crippen LogP contribution in [0.15, 0.2) is 0 Å². The summed E-state index contributed by atoms with van der Waals surface area (Å²) in [5.74, 6) is 0. The monoisotopic (exact) mass is 262 g/mol. The number of hydrogen-bond donors (Lipinski definition) is 0. The van der Waals surface area contributed by atoms with Crippen LogP contribution in [0.25, 0.3) is 0 Å². The number of unbranched alkanes of at least 4 members (excludes halogenated alkanes) is 1. The van der Waals surface area contributed by atoms with Gasteiger partial charge < -0.3 is 14.2 Å². The van der Waals surface area contributed by atoms with Crippen molar-refractivity contribution in [3.8, 4) is 0 Å². The van der Waals surface area contributed by atoms with Crippen molar-refractivity contribution in [1.82, 2.24) is 0 Å². The van der Waals surface area contributed by atoms with Gasteiger partial charge in [0.05, 0.1) is 0 Å². The SMILES string of the molecule is CCCC[Si](COCC)(COCC)COCC. The van der Waals surface area contributed by atoms with Gasteiger partial charge in [-0.2, -0.15) is 0 Å². The molecule has 0 unspecified atom stereocenters. The molecule has 0 aliphatic carbocycles. The summed E-state index contributed by atoms with van der Waals surface area (Å²) in [6.07, 6.45) is 5.13. The van der Waals surface area contributed by atoms with Crippen LogP contribution in [0, 0.1) is 0 Å². The molecule has 0 aromatic rings. The molecule has 0 heterocycles. The molecule has 4 heteroatoms. The van der Waals surface area contributed by atoms with E-state index in [1.165, 1.54) is 18.9 Å². The van der Waals surface area contributed by atoms with Crippen LogP contribution >= 0.6 is 0 Å². The van der Waals surface area contributed by atoms with E-state index in [0.29, 0.717) is 0 Å². The molecule has 104 valence electrons. The number of ether oxygens (including phenoxy) is 3. The van der Waals surface area contributed by atoms with Crippen molar-refractivity contribution in [1.29, 1.82) is 0 Å². The molecule has 0 aromatic carbocycles. The Morgan fingerprint density at radius 3 is 1.41 bits per heavy atom. The van der Waals surface area contributed by atoms with Gasteiger partial charge in [0.2, 0.25) is 0 Å². The fourth-order valence-electron chi connectivity index (χ4n) is 1.85. The summed E-state index contributed by atoms with van der Waals surface area (Å²) in [6, 6.07) is 1.25. The Morgan fingerprint density at radius 2 is 1.12 bits per heavy atom. The topological polar surface area (TPSA) is 27.7 Å². The maximum Gasteiger partial charge on any atom is 0.140 e. The number of rotatable bonds is 12. The Hall–Kier alpha value is 0.0969. The van der Waals surface area contributed by atoms with Crippen LogP contribution in [-0.4, -0.2) is 46.6 Å². The van der Waals surface area contributed by atoms with Crippen LogP contribution in [0.4, 0.5) is 0 Å². The molecule has 0 amide bonds. The first-order chi connectivity index (χ1) is 8.24. The molecule has 0 radical (unpaired) electrons. The summed E-state index contributed by atoms with van der Waals surface area (Å²) >= 11 is 0. The van der Waals surface area contributed by atoms with E-state index in [4.69, 9.17) is 14.2 Å². The van der Waals surface area contributed by atoms with E-state index in [1.807, 2.05) is 0 Å². The Balaban J connectivity index is 4.39. The first-order valence-electron chi connectivity index (χ1n) is 6.97. The summed E-state index contributed by atoms with van der Waals surface area (Å²) in [5, 5.41) is 0. The molecule has 0 aromatic heterocycles. The zero-order chi connectivity index (χ0) is 13.0. The fourth-order valence-corrected chi connectivity index (χ4v) is 5.55. The zero-order valence-corrected chi connectivity index (χ0v) is 13.1. The molecule has 0 saturated carbocycles. The quantitative estimate of drug-likeness (QED) is 0.506. The van der Waals surface area contributed by atoms with E-state index >= 15 is 0 Å². The van der Waals surface area contributed by atoms with E-state index in [9.17, 15) is 0 Å². The predicted molar refractivity (Wildman–Crippen MR) is 74.9 cm³/mol. The minimum Gasteiger partial charge on any atom is -0.385 e. The van der Waals surface area contributed by atoms with Gasteiger partial charge in [0.1, 0.15) is 8.07 Å². The standard InChI is InChI=1S/C13H30O3Si/c1-5-9-10-17(11-14-6-2,12-15-7-3)13-16-8-4/h5-13H2,1-4H3. The highest BCUT2D eigenvalue weighted by Gasteiger charge is 2.33. The third-order valence-electron chi connectivity index (χ3n) is 2.90. The average Bonchev–Trinajstić information content (AvgIpc) is 2.37. The second-order valence-corrected chi connectivity index (χ2v) is 8.88. The maximum absolute atomic E-state index is 5.69. The van der Waals surface area contributed by atoms with Gasteiger partial charge in [0.25, 0.3) is 0 Å². The minimum atomic E-state index is -1.55. The third kappa shape index (κ3) is 7.92. The summed E-state index contributed by atoms with van der Waals surface area (Å²) in [7, 11) is -1.55. The molecule has 0 N–H and O–H groups in total. The molecule has 0 atom stereocenters. The Morgan fingerprint density at radius 1 is 0.706 bits per heavy atom. The Kier molecular flexibility index (Phi) is 11.3. The first-order valence-corrected chi connectivity index (χ1v) is 9.80. The van der Waals surface area contributed by atoms with Gasteiger partial charge in [-0.05, 0) is 20.8 Å². The third-order valence-corrected chi connectivity index (χ3v) is 6.76. The van der Waals surface area contributed by atoms with E-state index in [1.54, 1.807) is 0 Å². The zero-order valence-electron chi connectivity index (χ0n) is 12.1. The van der Waals surface area contributed by atoms with Gasteiger partial charge in [-0.3, -0.25) is 0 Å². The van der Waals surface area contributed by atoms with Crippen LogP contribution < -0.4 is 0 Å². The van der Waals surface area contributed by atoms with Crippen LogP contribution in [0.3, 0.4) is 0 Å². The van der Waals surface area contributed by atoms with Gasteiger partial charge >= 0.3 is 0 Å². The average molecular weight is 262 g/mol. The fraction of sp³-hybridized carbons (Fsp3) is 1.00. The van der Waals surface area contributed by atoms with Gasteiger partial charge in [-0.1, -0.05) is 25.8 Å². The Bertz CT molecular complexity index is 127. The molecule has 0 aliphatic heterocycles. The smallest absolute Gasteiger partial charge is 0.140 e. The maximum atomic E-state index is 5.69. The van der Waals surface area contributed by atoms with Gasteiger partial charge in [-0.25, -0.2) is 0 Å². The van der Waals surface area contributed by atoms with Gasteiger partial charge in [0.15, 0.2) is 0 Å². The molecule has 0 fully saturated rings. The second-order valence-electron chi connectivity index (χ2n) is 4.51. The highest BCUT2D eigenvalue weighted by molar-refractivity contribution is 6.79. The van der Waals surface area contributed by atoms with Crippen molar-refractivity contribution < 1.29 is 14.2 Å². The van der Waals surface area contributed by atoms with Crippen LogP contribution in [0.1, 0.15) is 40.5 Å². The molecule has 0 spiro atoms. The summed E-state index contributed by atoms with van der Waals surface area (Å²) in [6.45, 7) is 10.8. The minimum absolute atomic E-state index is 0.791. The van der Waals surface area contributed by atoms with Gasteiger partial charge in [0, 0.05) is 38.5 Å². The van der Waals surface area contributed by atoms with Crippen molar-refractivity contribution in [2.24, 2.45) is 0 Å². The van der Waals surface area contributed by atoms with Crippen molar-refractivity contribution >= 4 is 8.07 Å². The van der Waals surface area contributed by atoms with Crippen molar-refractivity contribution in [2.75, 3.05) is 38.5 Å². The molecule has 0 bridgehead atoms. The summed E-state index contributed by atoms with van der Waals surface area (Å²) < 4.78 is 17.1. The van der Waals surface area contributed by atoms with Crippen LogP contribution in [-0.2, 0) is 14.2 Å². The molecule has 0 saturated heterocycles. The summed E-state index contributed by atoms with van der Waals surface area (Å²) in [5.41, 5.74) is 0. The molecular formula is C13H30O3Si. The molecule has 0 aliphatic rings. The largest absolute Gasteiger partial charge is 0.385 e. The van der Waals surface area contributed by atoms with Crippen LogP contribution in [0.5, 0.6) is 0 Å². The Labute approximate surface area is 108 Å². The lowest BCUT2D eigenvalue weighted by atomic mass is 10.4. The lowest BCUT2D eigenvalue weighted by Gasteiger charge is -2.30. The van der Waals surface area contributed by atoms with E-state index in [0.717, 1.165) is 38.5 Å². The number of hydrogen-bond acceptors (Lipinski definition) is 3. The molecular weight excluding hydrogens is 232 g/mol. The van der Waals surface area contributed by atoms with Crippen molar-refractivity contribution in [3.05, 3.63) is 0 Å². The van der Waals surface area contributed by atoms with Crippen molar-refractivity contribution in [2.45, 2.75) is 46.6 Å². The highest BCUT2D eigenvalue weighted by atomic mass is 28.3. The lowest BCUT2D eigenvalue weighted by molar-refractivity contribution is 0.137. The lowest BCUT2D eigenvalue weighted by Crippen LogP contribution is -2.50. The van der Waals surface area contributed by atoms with E-state index in [2.05, 4.69) is 27.7 Å².